The number of hydrogen-bond donors (Lipinski definition) is 0. The summed E-state index contributed by atoms with van der Waals surface area (Å²) in [7, 11) is 0. The molecule has 0 saturated carbocycles. The highest BCUT2D eigenvalue weighted by Gasteiger charge is 2.25. The van der Waals surface area contributed by atoms with Crippen LogP contribution in [0.15, 0.2) is 48.5 Å². The molecule has 0 bridgehead atoms. The van der Waals surface area contributed by atoms with E-state index in [1.165, 1.54) is 33.5 Å². The SMILES string of the molecule is O.O.c1ccc2c(c1)CCc1c-2nc2ccccc2c1N1CCOCC1. The number of aromatic nitrogens is 1. The number of fused-ring (bicyclic) bond motifs is 4. The van der Waals surface area contributed by atoms with Gasteiger partial charge in [-0.25, -0.2) is 4.98 Å². The fourth-order valence-electron chi connectivity index (χ4n) is 4.07. The molecule has 1 fully saturated rings. The van der Waals surface area contributed by atoms with Crippen molar-refractivity contribution in [2.24, 2.45) is 0 Å². The highest BCUT2D eigenvalue weighted by molar-refractivity contribution is 5.97. The smallest absolute Gasteiger partial charge is 0.0765 e. The number of para-hydroxylation sites is 1. The normalized spacial score (nSPS) is 15.5. The van der Waals surface area contributed by atoms with Crippen molar-refractivity contribution in [3.8, 4) is 11.3 Å². The highest BCUT2D eigenvalue weighted by Crippen LogP contribution is 2.41. The van der Waals surface area contributed by atoms with Crippen molar-refractivity contribution in [2.75, 3.05) is 31.2 Å². The molecule has 2 aromatic carbocycles. The maximum atomic E-state index is 5.58. The Hall–Kier alpha value is -2.47. The van der Waals surface area contributed by atoms with Gasteiger partial charge < -0.3 is 20.6 Å². The van der Waals surface area contributed by atoms with E-state index in [4.69, 9.17) is 9.72 Å². The van der Waals surface area contributed by atoms with Crippen LogP contribution >= 0.6 is 0 Å². The Labute approximate surface area is 152 Å². The molecule has 1 aromatic heterocycles. The minimum atomic E-state index is 0. The molecule has 0 amide bonds. The second-order valence-electron chi connectivity index (χ2n) is 6.56. The Kier molecular flexibility index (Phi) is 5.23. The van der Waals surface area contributed by atoms with Crippen LogP contribution in [0.4, 0.5) is 5.69 Å². The van der Waals surface area contributed by atoms with E-state index in [0.717, 1.165) is 44.7 Å². The first kappa shape index (κ1) is 18.3. The monoisotopic (exact) mass is 352 g/mol. The highest BCUT2D eigenvalue weighted by atomic mass is 16.5. The lowest BCUT2D eigenvalue weighted by Gasteiger charge is -2.33. The first-order valence-electron chi connectivity index (χ1n) is 8.74. The van der Waals surface area contributed by atoms with Gasteiger partial charge in [-0.15, -0.1) is 0 Å². The Morgan fingerprint density at radius 2 is 1.58 bits per heavy atom. The number of nitrogens with zero attached hydrogens (tertiary/aromatic N) is 2. The van der Waals surface area contributed by atoms with E-state index in [0.29, 0.717) is 0 Å². The predicted octanol–water partition coefficient (Wildman–Crippen LogP) is 2.19. The van der Waals surface area contributed by atoms with Crippen molar-refractivity contribution in [2.45, 2.75) is 12.8 Å². The van der Waals surface area contributed by atoms with E-state index >= 15 is 0 Å². The molecular weight excluding hydrogens is 328 g/mol. The minimum absolute atomic E-state index is 0. The third-order valence-corrected chi connectivity index (χ3v) is 5.21. The number of aryl methyl sites for hydroxylation is 1. The van der Waals surface area contributed by atoms with Crippen LogP contribution in [0.25, 0.3) is 22.2 Å². The molecule has 1 aliphatic heterocycles. The molecule has 5 heteroatoms. The Morgan fingerprint density at radius 1 is 0.846 bits per heavy atom. The van der Waals surface area contributed by atoms with Crippen molar-refractivity contribution in [3.05, 3.63) is 59.7 Å². The third kappa shape index (κ3) is 2.84. The van der Waals surface area contributed by atoms with Crippen molar-refractivity contribution in [1.29, 1.82) is 0 Å². The van der Waals surface area contributed by atoms with Crippen LogP contribution in [-0.4, -0.2) is 42.2 Å². The molecule has 26 heavy (non-hydrogen) atoms. The van der Waals surface area contributed by atoms with Gasteiger partial charge in [-0.3, -0.25) is 0 Å². The Balaban J connectivity index is 0.000000980. The molecule has 0 unspecified atom stereocenters. The van der Waals surface area contributed by atoms with Gasteiger partial charge in [0.05, 0.1) is 30.1 Å². The summed E-state index contributed by atoms with van der Waals surface area (Å²) in [6.45, 7) is 3.54. The lowest BCUT2D eigenvalue weighted by atomic mass is 9.86. The van der Waals surface area contributed by atoms with Crippen molar-refractivity contribution < 1.29 is 15.7 Å². The number of morpholine rings is 1. The summed E-state index contributed by atoms with van der Waals surface area (Å²) >= 11 is 0. The van der Waals surface area contributed by atoms with E-state index in [-0.39, 0.29) is 11.0 Å². The fourth-order valence-corrected chi connectivity index (χ4v) is 4.07. The molecule has 0 spiro atoms. The molecule has 1 aliphatic carbocycles. The van der Waals surface area contributed by atoms with E-state index < -0.39 is 0 Å². The summed E-state index contributed by atoms with van der Waals surface area (Å²) in [6.07, 6.45) is 2.16. The number of benzene rings is 2. The van der Waals surface area contributed by atoms with Gasteiger partial charge >= 0.3 is 0 Å². The first-order chi connectivity index (χ1) is 11.9. The summed E-state index contributed by atoms with van der Waals surface area (Å²) in [5.41, 5.74) is 7.79. The van der Waals surface area contributed by atoms with Crippen molar-refractivity contribution in [1.82, 2.24) is 4.98 Å². The number of rotatable bonds is 1. The summed E-state index contributed by atoms with van der Waals surface area (Å²) in [6, 6.07) is 17.3. The van der Waals surface area contributed by atoms with Gasteiger partial charge in [0, 0.05) is 29.6 Å². The van der Waals surface area contributed by atoms with Gasteiger partial charge in [0.2, 0.25) is 0 Å². The van der Waals surface area contributed by atoms with Crippen molar-refractivity contribution >= 4 is 16.6 Å². The van der Waals surface area contributed by atoms with Gasteiger partial charge in [0.15, 0.2) is 0 Å². The fraction of sp³-hybridized carbons (Fsp3) is 0.286. The third-order valence-electron chi connectivity index (χ3n) is 5.21. The molecule has 5 rings (SSSR count). The van der Waals surface area contributed by atoms with Crippen molar-refractivity contribution in [3.63, 3.8) is 0 Å². The zero-order valence-electron chi connectivity index (χ0n) is 14.7. The van der Waals surface area contributed by atoms with E-state index in [9.17, 15) is 0 Å². The van der Waals surface area contributed by atoms with Crippen LogP contribution < -0.4 is 4.90 Å². The van der Waals surface area contributed by atoms with Crippen LogP contribution in [0.2, 0.25) is 0 Å². The lowest BCUT2D eigenvalue weighted by Crippen LogP contribution is -2.37. The molecule has 2 heterocycles. The molecule has 3 aromatic rings. The van der Waals surface area contributed by atoms with Crippen LogP contribution in [0.5, 0.6) is 0 Å². The molecule has 4 N–H and O–H groups in total. The summed E-state index contributed by atoms with van der Waals surface area (Å²) in [5, 5.41) is 1.28. The zero-order chi connectivity index (χ0) is 15.9. The number of anilines is 1. The van der Waals surface area contributed by atoms with Gasteiger partial charge in [-0.2, -0.15) is 0 Å². The van der Waals surface area contributed by atoms with Gasteiger partial charge in [-0.05, 0) is 24.5 Å². The van der Waals surface area contributed by atoms with Crippen LogP contribution in [0.1, 0.15) is 11.1 Å². The van der Waals surface area contributed by atoms with E-state index in [2.05, 4.69) is 53.4 Å². The van der Waals surface area contributed by atoms with E-state index in [1.807, 2.05) is 0 Å². The van der Waals surface area contributed by atoms with Crippen LogP contribution in [-0.2, 0) is 17.6 Å². The summed E-state index contributed by atoms with van der Waals surface area (Å²) < 4.78 is 5.58. The second-order valence-corrected chi connectivity index (χ2v) is 6.56. The molecular formula is C21H24N2O3. The van der Waals surface area contributed by atoms with Gasteiger partial charge in [0.25, 0.3) is 0 Å². The molecule has 136 valence electrons. The Bertz CT molecular complexity index is 920. The maximum absolute atomic E-state index is 5.58. The molecule has 2 aliphatic rings. The largest absolute Gasteiger partial charge is 0.412 e. The average molecular weight is 352 g/mol. The standard InChI is InChI=1S/C21H20N2O.2H2O/c1-2-6-16-15(5-1)9-10-18-20(16)22-19-8-4-3-7-17(19)21(18)23-11-13-24-14-12-23;;/h1-8H,9-14H2;2*1H2. The van der Waals surface area contributed by atoms with Crippen LogP contribution in [0, 0.1) is 0 Å². The second kappa shape index (κ2) is 7.41. The predicted molar refractivity (Wildman–Crippen MR) is 105 cm³/mol. The van der Waals surface area contributed by atoms with Gasteiger partial charge in [-0.1, -0.05) is 42.5 Å². The maximum Gasteiger partial charge on any atom is 0.0765 e. The zero-order valence-corrected chi connectivity index (χ0v) is 14.7. The number of ether oxygens (including phenoxy) is 1. The van der Waals surface area contributed by atoms with E-state index in [1.54, 1.807) is 0 Å². The number of hydrogen-bond acceptors (Lipinski definition) is 3. The number of pyridine rings is 1. The summed E-state index contributed by atoms with van der Waals surface area (Å²) in [5.74, 6) is 0. The molecule has 1 saturated heterocycles. The van der Waals surface area contributed by atoms with Crippen LogP contribution in [0.3, 0.4) is 0 Å². The lowest BCUT2D eigenvalue weighted by molar-refractivity contribution is 0.123. The quantitative estimate of drug-likeness (QED) is 0.672. The topological polar surface area (TPSA) is 88.4 Å². The average Bonchev–Trinajstić information content (AvgIpc) is 2.67. The summed E-state index contributed by atoms with van der Waals surface area (Å²) in [4.78, 5) is 7.55. The minimum Gasteiger partial charge on any atom is -0.412 e. The Morgan fingerprint density at radius 3 is 2.42 bits per heavy atom. The molecule has 5 nitrogen and oxygen atoms in total. The van der Waals surface area contributed by atoms with Gasteiger partial charge in [0.1, 0.15) is 0 Å². The first-order valence-corrected chi connectivity index (χ1v) is 8.74. The molecule has 0 radical (unpaired) electrons. The molecule has 0 atom stereocenters.